The van der Waals surface area contributed by atoms with Crippen LogP contribution in [0.25, 0.3) is 0 Å². The van der Waals surface area contributed by atoms with Gasteiger partial charge in [0.1, 0.15) is 5.75 Å². The van der Waals surface area contributed by atoms with Crippen LogP contribution in [0.1, 0.15) is 12.0 Å². The molecular formula is C13H14ClNO4. The minimum atomic E-state index is -0.564. The van der Waals surface area contributed by atoms with Crippen LogP contribution in [0, 0.1) is 0 Å². The first-order valence-corrected chi connectivity index (χ1v) is 6.27. The Hall–Kier alpha value is -1.75. The van der Waals surface area contributed by atoms with Crippen molar-refractivity contribution in [2.45, 2.75) is 18.9 Å². The lowest BCUT2D eigenvalue weighted by atomic mass is 10.1. The lowest BCUT2D eigenvalue weighted by Crippen LogP contribution is -2.38. The third kappa shape index (κ3) is 3.38. The first-order valence-electron chi connectivity index (χ1n) is 5.90. The first-order chi connectivity index (χ1) is 9.10. The summed E-state index contributed by atoms with van der Waals surface area (Å²) < 4.78 is 10.0. The Morgan fingerprint density at radius 3 is 3.05 bits per heavy atom. The first kappa shape index (κ1) is 13.7. The Morgan fingerprint density at radius 2 is 2.32 bits per heavy atom. The molecule has 19 heavy (non-hydrogen) atoms. The molecule has 1 aromatic rings. The molecule has 0 radical (unpaired) electrons. The highest BCUT2D eigenvalue weighted by atomic mass is 35.5. The Kier molecular flexibility index (Phi) is 4.27. The predicted octanol–water partition coefficient (Wildman–Crippen LogP) is 1.32. The van der Waals surface area contributed by atoms with Crippen molar-refractivity contribution in [3.05, 3.63) is 28.8 Å². The molecule has 102 valence electrons. The zero-order valence-electron chi connectivity index (χ0n) is 10.4. The number of carbonyl (C=O) groups excluding carboxylic acids is 2. The number of hydrogen-bond donors (Lipinski definition) is 1. The highest BCUT2D eigenvalue weighted by Gasteiger charge is 2.28. The van der Waals surface area contributed by atoms with Crippen molar-refractivity contribution < 1.29 is 19.1 Å². The molecule has 0 fully saturated rings. The molecule has 2 rings (SSSR count). The minimum Gasteiger partial charge on any atom is -0.480 e. The molecule has 1 aliphatic heterocycles. The fourth-order valence-electron chi connectivity index (χ4n) is 1.87. The third-order valence-electron chi connectivity index (χ3n) is 2.85. The molecule has 1 aliphatic rings. The van der Waals surface area contributed by atoms with Crippen LogP contribution in [-0.2, 0) is 20.7 Å². The van der Waals surface area contributed by atoms with E-state index in [-0.39, 0.29) is 24.8 Å². The molecule has 1 aromatic carbocycles. The molecule has 0 aromatic heterocycles. The van der Waals surface area contributed by atoms with E-state index in [4.69, 9.17) is 16.3 Å². The van der Waals surface area contributed by atoms with E-state index >= 15 is 0 Å². The number of carbonyl (C=O) groups is 2. The molecule has 1 atom stereocenters. The van der Waals surface area contributed by atoms with E-state index in [9.17, 15) is 9.59 Å². The molecule has 0 aliphatic carbocycles. The van der Waals surface area contributed by atoms with Crippen molar-refractivity contribution >= 4 is 23.5 Å². The maximum Gasteiger partial charge on any atom is 0.307 e. The number of rotatable bonds is 4. The zero-order chi connectivity index (χ0) is 13.8. The quantitative estimate of drug-likeness (QED) is 0.847. The Balaban J connectivity index is 1.85. The summed E-state index contributed by atoms with van der Waals surface area (Å²) in [7, 11) is 1.31. The number of esters is 1. The number of methoxy groups -OCH3 is 1. The SMILES string of the molecule is COC(=O)CCNC(=O)C1Cc2cc(Cl)ccc2O1. The Bertz CT molecular complexity index is 503. The van der Waals surface area contributed by atoms with Gasteiger partial charge in [-0.3, -0.25) is 9.59 Å². The van der Waals surface area contributed by atoms with E-state index < -0.39 is 6.10 Å². The maximum atomic E-state index is 11.8. The average Bonchev–Trinajstić information content (AvgIpc) is 2.81. The van der Waals surface area contributed by atoms with Crippen molar-refractivity contribution in [3.63, 3.8) is 0 Å². The van der Waals surface area contributed by atoms with E-state index in [1.54, 1.807) is 18.2 Å². The lowest BCUT2D eigenvalue weighted by molar-refractivity contribution is -0.140. The van der Waals surface area contributed by atoms with Gasteiger partial charge < -0.3 is 14.8 Å². The predicted molar refractivity (Wildman–Crippen MR) is 69.2 cm³/mol. The summed E-state index contributed by atoms with van der Waals surface area (Å²) in [6, 6.07) is 5.26. The van der Waals surface area contributed by atoms with Crippen LogP contribution >= 0.6 is 11.6 Å². The van der Waals surface area contributed by atoms with Crippen LogP contribution in [0.2, 0.25) is 5.02 Å². The highest BCUT2D eigenvalue weighted by Crippen LogP contribution is 2.31. The highest BCUT2D eigenvalue weighted by molar-refractivity contribution is 6.30. The van der Waals surface area contributed by atoms with Gasteiger partial charge in [-0.15, -0.1) is 0 Å². The van der Waals surface area contributed by atoms with Crippen LogP contribution < -0.4 is 10.1 Å². The van der Waals surface area contributed by atoms with Crippen molar-refractivity contribution in [1.29, 1.82) is 0 Å². The largest absolute Gasteiger partial charge is 0.480 e. The maximum absolute atomic E-state index is 11.8. The molecular weight excluding hydrogens is 270 g/mol. The second-order valence-corrected chi connectivity index (χ2v) is 4.62. The van der Waals surface area contributed by atoms with Crippen LogP contribution in [0.4, 0.5) is 0 Å². The molecule has 0 saturated heterocycles. The van der Waals surface area contributed by atoms with Crippen molar-refractivity contribution in [1.82, 2.24) is 5.32 Å². The summed E-state index contributed by atoms with van der Waals surface area (Å²) in [5.74, 6) is 0.0800. The smallest absolute Gasteiger partial charge is 0.307 e. The van der Waals surface area contributed by atoms with Crippen molar-refractivity contribution in [2.24, 2.45) is 0 Å². The summed E-state index contributed by atoms with van der Waals surface area (Å²) in [5, 5.41) is 3.26. The minimum absolute atomic E-state index is 0.147. The van der Waals surface area contributed by atoms with Crippen LogP contribution in [-0.4, -0.2) is 31.6 Å². The summed E-state index contributed by atoms with van der Waals surface area (Å²) in [4.78, 5) is 22.8. The average molecular weight is 284 g/mol. The van der Waals surface area contributed by atoms with Crippen LogP contribution in [0.5, 0.6) is 5.75 Å². The molecule has 0 saturated carbocycles. The summed E-state index contributed by atoms with van der Waals surface area (Å²) >= 11 is 5.88. The van der Waals surface area contributed by atoms with Gasteiger partial charge in [0.2, 0.25) is 0 Å². The molecule has 1 N–H and O–H groups in total. The molecule has 0 spiro atoms. The molecule has 1 amide bonds. The van der Waals surface area contributed by atoms with E-state index in [0.29, 0.717) is 17.2 Å². The van der Waals surface area contributed by atoms with E-state index in [1.165, 1.54) is 7.11 Å². The van der Waals surface area contributed by atoms with E-state index in [0.717, 1.165) is 5.56 Å². The standard InChI is InChI=1S/C13H14ClNO4/c1-18-12(16)4-5-15-13(17)11-7-8-6-9(14)2-3-10(8)19-11/h2-3,6,11H,4-5,7H2,1H3,(H,15,17). The van der Waals surface area contributed by atoms with E-state index in [1.807, 2.05) is 0 Å². The summed E-state index contributed by atoms with van der Waals surface area (Å²) in [6.45, 7) is 0.239. The second-order valence-electron chi connectivity index (χ2n) is 4.18. The van der Waals surface area contributed by atoms with Crippen molar-refractivity contribution in [2.75, 3.05) is 13.7 Å². The molecule has 5 nitrogen and oxygen atoms in total. The topological polar surface area (TPSA) is 64.6 Å². The molecule has 1 heterocycles. The number of amides is 1. The van der Waals surface area contributed by atoms with Gasteiger partial charge in [-0.1, -0.05) is 11.6 Å². The zero-order valence-corrected chi connectivity index (χ0v) is 11.2. The Morgan fingerprint density at radius 1 is 1.53 bits per heavy atom. The van der Waals surface area contributed by atoms with Gasteiger partial charge in [-0.25, -0.2) is 0 Å². The fraction of sp³-hybridized carbons (Fsp3) is 0.385. The van der Waals surface area contributed by atoms with Gasteiger partial charge in [0, 0.05) is 18.0 Å². The lowest BCUT2D eigenvalue weighted by Gasteiger charge is -2.10. The summed E-state index contributed by atoms with van der Waals surface area (Å²) in [6.07, 6.45) is 0.0688. The van der Waals surface area contributed by atoms with Gasteiger partial charge >= 0.3 is 5.97 Å². The molecule has 6 heteroatoms. The van der Waals surface area contributed by atoms with Gasteiger partial charge in [0.25, 0.3) is 5.91 Å². The number of ether oxygens (including phenoxy) is 2. The van der Waals surface area contributed by atoms with Crippen molar-refractivity contribution in [3.8, 4) is 5.75 Å². The van der Waals surface area contributed by atoms with Gasteiger partial charge in [-0.2, -0.15) is 0 Å². The molecule has 1 unspecified atom stereocenters. The van der Waals surface area contributed by atoms with Crippen LogP contribution in [0.3, 0.4) is 0 Å². The number of benzene rings is 1. The van der Waals surface area contributed by atoms with E-state index in [2.05, 4.69) is 10.1 Å². The normalized spacial score (nSPS) is 16.4. The summed E-state index contributed by atoms with van der Waals surface area (Å²) in [5.41, 5.74) is 0.917. The van der Waals surface area contributed by atoms with Gasteiger partial charge in [0.05, 0.1) is 13.5 Å². The fourth-order valence-corrected chi connectivity index (χ4v) is 2.06. The number of halogens is 1. The Labute approximate surface area is 115 Å². The van der Waals surface area contributed by atoms with Gasteiger partial charge in [0.15, 0.2) is 6.10 Å². The van der Waals surface area contributed by atoms with Crippen LogP contribution in [0.15, 0.2) is 18.2 Å². The van der Waals surface area contributed by atoms with Gasteiger partial charge in [-0.05, 0) is 23.8 Å². The number of hydrogen-bond acceptors (Lipinski definition) is 4. The molecule has 0 bridgehead atoms. The number of nitrogens with one attached hydrogen (secondary N) is 1. The number of fused-ring (bicyclic) bond motifs is 1. The second kappa shape index (κ2) is 5.93. The monoisotopic (exact) mass is 283 g/mol. The third-order valence-corrected chi connectivity index (χ3v) is 3.08.